The van der Waals surface area contributed by atoms with Crippen molar-refractivity contribution < 1.29 is 19.8 Å². The lowest BCUT2D eigenvalue weighted by Crippen LogP contribution is -2.52. The summed E-state index contributed by atoms with van der Waals surface area (Å²) < 4.78 is 0. The Hall–Kier alpha value is -1.56. The fraction of sp³-hybridized carbons (Fsp3) is 0.524. The number of rotatable bonds is 3. The van der Waals surface area contributed by atoms with Gasteiger partial charge in [0.15, 0.2) is 0 Å². The van der Waals surface area contributed by atoms with Gasteiger partial charge in [0.1, 0.15) is 0 Å². The molecule has 4 aliphatic rings. The van der Waals surface area contributed by atoms with Crippen LogP contribution in [0.5, 0.6) is 0 Å². The number of hydrogen-bond donors (Lipinski definition) is 2. The van der Waals surface area contributed by atoms with Crippen LogP contribution in [-0.2, 0) is 15.0 Å². The molecular formula is C21H25Cl2NO4. The van der Waals surface area contributed by atoms with E-state index in [4.69, 9.17) is 33.4 Å². The first-order chi connectivity index (χ1) is 13.2. The molecule has 4 fully saturated rings. The molecule has 0 spiro atoms. The molecule has 2 N–H and O–H groups in total. The van der Waals surface area contributed by atoms with Crippen LogP contribution in [0.15, 0.2) is 30.4 Å². The molecule has 1 aliphatic heterocycles. The van der Waals surface area contributed by atoms with Crippen molar-refractivity contribution in [2.24, 2.45) is 17.8 Å². The van der Waals surface area contributed by atoms with Gasteiger partial charge in [0.05, 0.1) is 10.0 Å². The molecule has 5 nitrogen and oxygen atoms in total. The van der Waals surface area contributed by atoms with Gasteiger partial charge in [0.25, 0.3) is 0 Å². The predicted molar refractivity (Wildman–Crippen MR) is 109 cm³/mol. The Balaban J connectivity index is 0.000000242. The minimum Gasteiger partial charge on any atom is -0.478 e. The molecule has 5 rings (SSSR count). The van der Waals surface area contributed by atoms with Gasteiger partial charge in [-0.2, -0.15) is 0 Å². The maximum atomic E-state index is 9.55. The summed E-state index contributed by atoms with van der Waals surface area (Å²) in [4.78, 5) is 21.6. The first-order valence-corrected chi connectivity index (χ1v) is 10.3. The highest BCUT2D eigenvalue weighted by molar-refractivity contribution is 6.42. The monoisotopic (exact) mass is 425 g/mol. The molecule has 0 aromatic heterocycles. The molecule has 1 saturated heterocycles. The fourth-order valence-corrected chi connectivity index (χ4v) is 5.93. The molecule has 2 atom stereocenters. The van der Waals surface area contributed by atoms with Crippen molar-refractivity contribution >= 4 is 35.1 Å². The Bertz CT molecular complexity index is 773. The Morgan fingerprint density at radius 3 is 2.21 bits per heavy atom. The van der Waals surface area contributed by atoms with E-state index in [9.17, 15) is 9.59 Å². The maximum absolute atomic E-state index is 9.55. The minimum atomic E-state index is -1.26. The smallest absolute Gasteiger partial charge is 0.328 e. The lowest BCUT2D eigenvalue weighted by atomic mass is 9.49. The number of carboxylic acids is 2. The van der Waals surface area contributed by atoms with Gasteiger partial charge >= 0.3 is 11.9 Å². The van der Waals surface area contributed by atoms with Crippen LogP contribution in [0.2, 0.25) is 10.0 Å². The quantitative estimate of drug-likeness (QED) is 0.704. The normalized spacial score (nSPS) is 31.3. The van der Waals surface area contributed by atoms with Gasteiger partial charge in [-0.3, -0.25) is 0 Å². The zero-order chi connectivity index (χ0) is 20.5. The SMILES string of the molecule is CN1CC2C3CCC(CC3)C2(c2ccc(Cl)c(Cl)c2)C1.O=C(O)/C=C/C(=O)O. The molecule has 2 unspecified atom stereocenters. The fourth-order valence-electron chi connectivity index (χ4n) is 5.63. The molecule has 1 heterocycles. The summed E-state index contributed by atoms with van der Waals surface area (Å²) in [6.45, 7) is 2.44. The summed E-state index contributed by atoms with van der Waals surface area (Å²) in [6, 6.07) is 6.38. The van der Waals surface area contributed by atoms with E-state index in [1.54, 1.807) is 0 Å². The van der Waals surface area contributed by atoms with Crippen molar-refractivity contribution in [3.05, 3.63) is 46.0 Å². The van der Waals surface area contributed by atoms with E-state index in [1.165, 1.54) is 44.3 Å². The number of aliphatic carboxylic acids is 2. The Morgan fingerprint density at radius 1 is 1.07 bits per heavy atom. The second-order valence-electron chi connectivity index (χ2n) is 8.09. The van der Waals surface area contributed by atoms with E-state index < -0.39 is 11.9 Å². The standard InChI is InChI=1S/C17H21Cl2N.C4H4O4/c1-20-9-14-11-2-4-12(5-3-11)17(14,10-20)13-6-7-15(18)16(19)8-13;5-3(6)1-2-4(7)8/h6-8,11-12,14H,2-5,9-10H2,1H3;1-2H,(H,5,6)(H,7,8)/b;2-1+. The molecule has 152 valence electrons. The summed E-state index contributed by atoms with van der Waals surface area (Å²) in [5.74, 6) is 0.0520. The zero-order valence-corrected chi connectivity index (χ0v) is 17.3. The van der Waals surface area contributed by atoms with Crippen molar-refractivity contribution in [2.75, 3.05) is 20.1 Å². The lowest BCUT2D eigenvalue weighted by Gasteiger charge is -2.54. The Morgan fingerprint density at radius 2 is 1.68 bits per heavy atom. The topological polar surface area (TPSA) is 77.8 Å². The largest absolute Gasteiger partial charge is 0.478 e. The molecule has 0 amide bonds. The van der Waals surface area contributed by atoms with Crippen molar-refractivity contribution in [2.45, 2.75) is 31.1 Å². The van der Waals surface area contributed by atoms with Crippen molar-refractivity contribution in [1.29, 1.82) is 0 Å². The van der Waals surface area contributed by atoms with E-state index in [2.05, 4.69) is 24.1 Å². The summed E-state index contributed by atoms with van der Waals surface area (Å²) in [7, 11) is 2.27. The first-order valence-electron chi connectivity index (χ1n) is 9.52. The lowest BCUT2D eigenvalue weighted by molar-refractivity contribution is -0.134. The van der Waals surface area contributed by atoms with Crippen LogP contribution in [0.4, 0.5) is 0 Å². The molecule has 28 heavy (non-hydrogen) atoms. The third-order valence-electron chi connectivity index (χ3n) is 6.60. The van der Waals surface area contributed by atoms with Gasteiger partial charge < -0.3 is 15.1 Å². The van der Waals surface area contributed by atoms with E-state index in [1.807, 2.05) is 6.07 Å². The average molecular weight is 426 g/mol. The molecule has 3 aliphatic carbocycles. The summed E-state index contributed by atoms with van der Waals surface area (Å²) in [5.41, 5.74) is 1.78. The van der Waals surface area contributed by atoms with Gasteiger partial charge in [-0.25, -0.2) is 9.59 Å². The molecule has 3 saturated carbocycles. The van der Waals surface area contributed by atoms with E-state index in [0.717, 1.165) is 17.8 Å². The molecule has 1 aromatic rings. The highest BCUT2D eigenvalue weighted by Crippen LogP contribution is 2.60. The van der Waals surface area contributed by atoms with Gasteiger partial charge in [-0.15, -0.1) is 0 Å². The second kappa shape index (κ2) is 8.44. The van der Waals surface area contributed by atoms with Gasteiger partial charge in [-0.1, -0.05) is 29.3 Å². The Labute approximate surface area is 174 Å². The van der Waals surface area contributed by atoms with Crippen molar-refractivity contribution in [3.8, 4) is 0 Å². The van der Waals surface area contributed by atoms with Crippen LogP contribution < -0.4 is 0 Å². The highest BCUT2D eigenvalue weighted by atomic mass is 35.5. The average Bonchev–Trinajstić information content (AvgIpc) is 3.04. The zero-order valence-electron chi connectivity index (χ0n) is 15.8. The number of halogens is 2. The van der Waals surface area contributed by atoms with Crippen LogP contribution in [0, 0.1) is 17.8 Å². The second-order valence-corrected chi connectivity index (χ2v) is 8.91. The minimum absolute atomic E-state index is 0.337. The predicted octanol–water partition coefficient (Wildman–Crippen LogP) is 4.32. The van der Waals surface area contributed by atoms with Gasteiger partial charge in [-0.05, 0) is 68.2 Å². The third-order valence-corrected chi connectivity index (χ3v) is 7.34. The van der Waals surface area contributed by atoms with E-state index >= 15 is 0 Å². The summed E-state index contributed by atoms with van der Waals surface area (Å²) >= 11 is 12.4. The summed E-state index contributed by atoms with van der Waals surface area (Å²) in [5, 5.41) is 17.0. The van der Waals surface area contributed by atoms with Crippen LogP contribution in [0.3, 0.4) is 0 Å². The number of benzene rings is 1. The molecular weight excluding hydrogens is 401 g/mol. The molecule has 0 radical (unpaired) electrons. The molecule has 1 aromatic carbocycles. The number of carbonyl (C=O) groups is 2. The third kappa shape index (κ3) is 4.07. The number of nitrogens with zero attached hydrogens (tertiary/aromatic N) is 1. The van der Waals surface area contributed by atoms with Crippen LogP contribution >= 0.6 is 23.2 Å². The van der Waals surface area contributed by atoms with Crippen molar-refractivity contribution in [3.63, 3.8) is 0 Å². The van der Waals surface area contributed by atoms with Crippen LogP contribution in [0.1, 0.15) is 31.2 Å². The van der Waals surface area contributed by atoms with Crippen LogP contribution in [-0.4, -0.2) is 47.2 Å². The molecule has 7 heteroatoms. The van der Waals surface area contributed by atoms with Gasteiger partial charge in [0.2, 0.25) is 0 Å². The van der Waals surface area contributed by atoms with Crippen LogP contribution in [0.25, 0.3) is 0 Å². The number of carboxylic acid groups (broad SMARTS) is 2. The first kappa shape index (κ1) is 21.2. The van der Waals surface area contributed by atoms with Gasteiger partial charge in [0, 0.05) is 30.7 Å². The summed E-state index contributed by atoms with van der Waals surface area (Å²) in [6.07, 6.45) is 6.79. The van der Waals surface area contributed by atoms with E-state index in [-0.39, 0.29) is 0 Å². The number of likely N-dealkylation sites (N-methyl/N-ethyl adjacent to an activating group) is 1. The molecule has 2 bridgehead atoms. The Kier molecular flexibility index (Phi) is 6.37. The maximum Gasteiger partial charge on any atom is 0.328 e. The number of hydrogen-bond acceptors (Lipinski definition) is 3. The van der Waals surface area contributed by atoms with Crippen molar-refractivity contribution in [1.82, 2.24) is 4.90 Å². The highest BCUT2D eigenvalue weighted by Gasteiger charge is 2.58. The van der Waals surface area contributed by atoms with E-state index in [0.29, 0.717) is 27.6 Å². The number of likely N-dealkylation sites (tertiary alicyclic amines) is 1. The number of fused-ring (bicyclic) bond motifs is 2.